The third kappa shape index (κ3) is 5.82. The highest BCUT2D eigenvalue weighted by Crippen LogP contribution is 2.23. The maximum Gasteiger partial charge on any atom is 0.278 e. The maximum atomic E-state index is 12.0. The van der Waals surface area contributed by atoms with E-state index in [-0.39, 0.29) is 12.5 Å². The fraction of sp³-hybridized carbons (Fsp3) is 0.238. The van der Waals surface area contributed by atoms with Gasteiger partial charge in [-0.1, -0.05) is 49.4 Å². The summed E-state index contributed by atoms with van der Waals surface area (Å²) in [5.74, 6) is 1.72. The van der Waals surface area contributed by atoms with Crippen molar-refractivity contribution in [2.24, 2.45) is 0 Å². The van der Waals surface area contributed by atoms with Crippen molar-refractivity contribution in [1.29, 1.82) is 0 Å². The summed E-state index contributed by atoms with van der Waals surface area (Å²) in [6.07, 6.45) is 1.70. The van der Waals surface area contributed by atoms with Crippen LogP contribution in [0.2, 0.25) is 0 Å². The van der Waals surface area contributed by atoms with E-state index >= 15 is 0 Å². The lowest BCUT2D eigenvalue weighted by Gasteiger charge is -2.10. The van der Waals surface area contributed by atoms with Crippen molar-refractivity contribution in [3.63, 3.8) is 0 Å². The molecule has 2 aromatic carbocycles. The van der Waals surface area contributed by atoms with Gasteiger partial charge in [-0.3, -0.25) is 4.79 Å². The summed E-state index contributed by atoms with van der Waals surface area (Å²) in [4.78, 5) is 16.1. The molecule has 3 rings (SSSR count). The number of ether oxygens (including phenoxy) is 2. The highest BCUT2D eigenvalue weighted by Gasteiger charge is 2.05. The number of hydrogen-bond donors (Lipinski definition) is 1. The molecule has 140 valence electrons. The molecule has 0 saturated heterocycles. The average Bonchev–Trinajstić information content (AvgIpc) is 3.19. The van der Waals surface area contributed by atoms with Crippen LogP contribution < -0.4 is 14.8 Å². The minimum atomic E-state index is -0.161. The summed E-state index contributed by atoms with van der Waals surface area (Å²) in [6, 6.07) is 15.4. The molecule has 1 amide bonds. The Balaban J connectivity index is 1.42. The SMILES string of the molecule is CC(C)c1ccc(OCC(=O)NCc2ccc(Oc3nccs3)cc2)cc1. The third-order valence-electron chi connectivity index (χ3n) is 3.94. The summed E-state index contributed by atoms with van der Waals surface area (Å²) in [7, 11) is 0. The van der Waals surface area contributed by atoms with Gasteiger partial charge in [0, 0.05) is 18.1 Å². The summed E-state index contributed by atoms with van der Waals surface area (Å²) in [5.41, 5.74) is 2.23. The van der Waals surface area contributed by atoms with Gasteiger partial charge in [-0.15, -0.1) is 0 Å². The van der Waals surface area contributed by atoms with Gasteiger partial charge in [-0.05, 0) is 41.3 Å². The van der Waals surface area contributed by atoms with Crippen LogP contribution in [0.25, 0.3) is 0 Å². The van der Waals surface area contributed by atoms with Crippen LogP contribution in [0.15, 0.2) is 60.1 Å². The number of nitrogens with zero attached hydrogens (tertiary/aromatic N) is 1. The first-order valence-corrected chi connectivity index (χ1v) is 9.64. The minimum absolute atomic E-state index is 0.00767. The van der Waals surface area contributed by atoms with Crippen LogP contribution in [0.4, 0.5) is 0 Å². The molecule has 0 unspecified atom stereocenters. The van der Waals surface area contributed by atoms with E-state index in [1.54, 1.807) is 6.20 Å². The third-order valence-corrected chi connectivity index (χ3v) is 4.59. The van der Waals surface area contributed by atoms with Gasteiger partial charge in [-0.2, -0.15) is 0 Å². The number of carbonyl (C=O) groups is 1. The molecule has 1 N–H and O–H groups in total. The van der Waals surface area contributed by atoms with Crippen LogP contribution in [-0.2, 0) is 11.3 Å². The number of hydrogen-bond acceptors (Lipinski definition) is 5. The molecule has 1 heterocycles. The van der Waals surface area contributed by atoms with E-state index < -0.39 is 0 Å². The second-order valence-electron chi connectivity index (χ2n) is 6.33. The van der Waals surface area contributed by atoms with E-state index in [0.29, 0.717) is 29.2 Å². The van der Waals surface area contributed by atoms with Gasteiger partial charge >= 0.3 is 0 Å². The predicted octanol–water partition coefficient (Wildman–Crippen LogP) is 4.75. The molecular weight excluding hydrogens is 360 g/mol. The second kappa shape index (κ2) is 9.19. The minimum Gasteiger partial charge on any atom is -0.484 e. The first-order chi connectivity index (χ1) is 13.1. The zero-order valence-electron chi connectivity index (χ0n) is 15.3. The van der Waals surface area contributed by atoms with Gasteiger partial charge in [0.2, 0.25) is 0 Å². The predicted molar refractivity (Wildman–Crippen MR) is 107 cm³/mol. The van der Waals surface area contributed by atoms with Crippen LogP contribution >= 0.6 is 11.3 Å². The Hall–Kier alpha value is -2.86. The lowest BCUT2D eigenvalue weighted by atomic mass is 10.0. The number of aromatic nitrogens is 1. The van der Waals surface area contributed by atoms with Crippen molar-refractivity contribution in [2.75, 3.05) is 6.61 Å². The van der Waals surface area contributed by atoms with Crippen LogP contribution in [-0.4, -0.2) is 17.5 Å². The van der Waals surface area contributed by atoms with E-state index in [1.807, 2.05) is 53.9 Å². The number of amides is 1. The smallest absolute Gasteiger partial charge is 0.278 e. The molecule has 0 bridgehead atoms. The Morgan fingerprint density at radius 1 is 1.07 bits per heavy atom. The van der Waals surface area contributed by atoms with Crippen LogP contribution in [0.1, 0.15) is 30.9 Å². The van der Waals surface area contributed by atoms with Crippen molar-refractivity contribution in [2.45, 2.75) is 26.3 Å². The standard InChI is InChI=1S/C21H22N2O3S/c1-15(2)17-5-9-18(10-6-17)25-14-20(24)23-13-16-3-7-19(8-4-16)26-21-22-11-12-27-21/h3-12,15H,13-14H2,1-2H3,(H,23,24). The van der Waals surface area contributed by atoms with Gasteiger partial charge in [0.1, 0.15) is 11.5 Å². The number of carbonyl (C=O) groups excluding carboxylic acids is 1. The summed E-state index contributed by atoms with van der Waals surface area (Å²) in [5, 5.41) is 5.32. The van der Waals surface area contributed by atoms with Gasteiger partial charge in [0.05, 0.1) is 0 Å². The van der Waals surface area contributed by atoms with E-state index in [9.17, 15) is 4.79 Å². The van der Waals surface area contributed by atoms with E-state index in [1.165, 1.54) is 16.9 Å². The molecule has 1 aromatic heterocycles. The maximum absolute atomic E-state index is 12.0. The lowest BCUT2D eigenvalue weighted by Crippen LogP contribution is -2.28. The average molecular weight is 382 g/mol. The molecule has 0 aliphatic rings. The highest BCUT2D eigenvalue weighted by molar-refractivity contribution is 7.11. The second-order valence-corrected chi connectivity index (χ2v) is 7.19. The monoisotopic (exact) mass is 382 g/mol. The van der Waals surface area contributed by atoms with Gasteiger partial charge in [0.15, 0.2) is 6.61 Å². The molecule has 6 heteroatoms. The first kappa shape index (κ1) is 18.9. The van der Waals surface area contributed by atoms with E-state index in [0.717, 1.165) is 5.56 Å². The highest BCUT2D eigenvalue weighted by atomic mass is 32.1. The Labute approximate surface area is 163 Å². The molecule has 0 aliphatic heterocycles. The normalized spacial score (nSPS) is 10.6. The summed E-state index contributed by atoms with van der Waals surface area (Å²) < 4.78 is 11.1. The van der Waals surface area contributed by atoms with Crippen LogP contribution in [0.5, 0.6) is 16.7 Å². The zero-order valence-corrected chi connectivity index (χ0v) is 16.2. The van der Waals surface area contributed by atoms with Crippen molar-refractivity contribution >= 4 is 17.2 Å². The zero-order chi connectivity index (χ0) is 19.1. The largest absolute Gasteiger partial charge is 0.484 e. The van der Waals surface area contributed by atoms with Gasteiger partial charge < -0.3 is 14.8 Å². The van der Waals surface area contributed by atoms with Crippen molar-refractivity contribution in [3.8, 4) is 16.7 Å². The van der Waals surface area contributed by atoms with Crippen LogP contribution in [0.3, 0.4) is 0 Å². The molecule has 0 aliphatic carbocycles. The molecule has 0 fully saturated rings. The Bertz CT molecular complexity index is 844. The molecule has 0 spiro atoms. The van der Waals surface area contributed by atoms with Crippen LogP contribution in [0, 0.1) is 0 Å². The Kier molecular flexibility index (Phi) is 6.44. The lowest BCUT2D eigenvalue weighted by molar-refractivity contribution is -0.123. The fourth-order valence-corrected chi connectivity index (χ4v) is 2.89. The van der Waals surface area contributed by atoms with Crippen molar-refractivity contribution < 1.29 is 14.3 Å². The number of thiazole rings is 1. The fourth-order valence-electron chi connectivity index (χ4n) is 2.39. The molecule has 0 saturated carbocycles. The van der Waals surface area contributed by atoms with Gasteiger partial charge in [-0.25, -0.2) is 4.98 Å². The number of rotatable bonds is 8. The Morgan fingerprint density at radius 3 is 2.41 bits per heavy atom. The topological polar surface area (TPSA) is 60.5 Å². The van der Waals surface area contributed by atoms with Crippen molar-refractivity contribution in [3.05, 3.63) is 71.2 Å². The van der Waals surface area contributed by atoms with Gasteiger partial charge in [0.25, 0.3) is 11.1 Å². The number of benzene rings is 2. The summed E-state index contributed by atoms with van der Waals surface area (Å²) >= 11 is 1.44. The molecule has 27 heavy (non-hydrogen) atoms. The van der Waals surface area contributed by atoms with E-state index in [4.69, 9.17) is 9.47 Å². The quantitative estimate of drug-likeness (QED) is 0.610. The molecule has 3 aromatic rings. The molecule has 0 radical (unpaired) electrons. The van der Waals surface area contributed by atoms with E-state index in [2.05, 4.69) is 24.1 Å². The van der Waals surface area contributed by atoms with Crippen molar-refractivity contribution in [1.82, 2.24) is 10.3 Å². The molecule has 5 nitrogen and oxygen atoms in total. The summed E-state index contributed by atoms with van der Waals surface area (Å²) in [6.45, 7) is 4.71. The first-order valence-electron chi connectivity index (χ1n) is 8.76. The molecule has 0 atom stereocenters. The molecular formula is C21H22N2O3S. The number of nitrogens with one attached hydrogen (secondary N) is 1. The Morgan fingerprint density at radius 2 is 1.78 bits per heavy atom.